The Labute approximate surface area is 182 Å². The van der Waals surface area contributed by atoms with Crippen LogP contribution in [0.15, 0.2) is 40.2 Å². The average Bonchev–Trinajstić information content (AvgIpc) is 2.77. The maximum absolute atomic E-state index is 12.8. The summed E-state index contributed by atoms with van der Waals surface area (Å²) in [6.07, 6.45) is 3.99. The maximum Gasteiger partial charge on any atom is 0.243 e. The van der Waals surface area contributed by atoms with Gasteiger partial charge in [0.1, 0.15) is 0 Å². The van der Waals surface area contributed by atoms with E-state index in [0.717, 1.165) is 51.3 Å². The van der Waals surface area contributed by atoms with Gasteiger partial charge in [0.15, 0.2) is 5.96 Å². The average molecular weight is 436 g/mol. The van der Waals surface area contributed by atoms with Gasteiger partial charge in [0.2, 0.25) is 10.0 Å². The molecule has 3 rings (SSSR count). The van der Waals surface area contributed by atoms with Gasteiger partial charge in [-0.3, -0.25) is 4.99 Å². The fourth-order valence-electron chi connectivity index (χ4n) is 4.28. The SMILES string of the molecule is CN=C(NCC1CCN(S(=O)(=O)c2ccccc2)CC1)NC1CCN(C(C)C)CC1. The second-order valence-corrected chi connectivity index (χ2v) is 10.6. The predicted octanol–water partition coefficient (Wildman–Crippen LogP) is 2.13. The Balaban J connectivity index is 1.42. The molecule has 0 aromatic heterocycles. The van der Waals surface area contributed by atoms with Crippen molar-refractivity contribution in [1.82, 2.24) is 19.8 Å². The Bertz CT molecular complexity index is 781. The normalized spacial score (nSPS) is 21.1. The molecule has 0 amide bonds. The highest BCUT2D eigenvalue weighted by Gasteiger charge is 2.29. The Morgan fingerprint density at radius 1 is 1.07 bits per heavy atom. The standard InChI is InChI=1S/C22H37N5O2S/c1-18(2)26-13-11-20(12-14-26)25-22(23-3)24-17-19-9-15-27(16-10-19)30(28,29)21-7-5-4-6-8-21/h4-8,18-20H,9-17H2,1-3H3,(H2,23,24,25). The molecule has 0 atom stereocenters. The van der Waals surface area contributed by atoms with Crippen LogP contribution in [0.2, 0.25) is 0 Å². The maximum atomic E-state index is 12.8. The number of hydrogen-bond donors (Lipinski definition) is 2. The lowest BCUT2D eigenvalue weighted by molar-refractivity contribution is 0.167. The summed E-state index contributed by atoms with van der Waals surface area (Å²) in [5.41, 5.74) is 0. The van der Waals surface area contributed by atoms with Crippen LogP contribution in [0.5, 0.6) is 0 Å². The van der Waals surface area contributed by atoms with E-state index in [1.54, 1.807) is 28.6 Å². The predicted molar refractivity (Wildman–Crippen MR) is 122 cm³/mol. The number of aliphatic imine (C=N–C) groups is 1. The van der Waals surface area contributed by atoms with Gasteiger partial charge in [-0.1, -0.05) is 18.2 Å². The molecule has 2 N–H and O–H groups in total. The largest absolute Gasteiger partial charge is 0.356 e. The minimum absolute atomic E-state index is 0.384. The molecular formula is C22H37N5O2S. The molecule has 0 saturated carbocycles. The van der Waals surface area contributed by atoms with Crippen molar-refractivity contribution in [2.24, 2.45) is 10.9 Å². The van der Waals surface area contributed by atoms with Gasteiger partial charge in [0, 0.05) is 51.9 Å². The van der Waals surface area contributed by atoms with Gasteiger partial charge in [0.25, 0.3) is 0 Å². The van der Waals surface area contributed by atoms with E-state index < -0.39 is 10.0 Å². The first-order chi connectivity index (χ1) is 14.4. The van der Waals surface area contributed by atoms with Crippen LogP contribution >= 0.6 is 0 Å². The van der Waals surface area contributed by atoms with Crippen molar-refractivity contribution in [3.05, 3.63) is 30.3 Å². The molecular weight excluding hydrogens is 398 g/mol. The fraction of sp³-hybridized carbons (Fsp3) is 0.682. The molecule has 2 saturated heterocycles. The number of rotatable bonds is 6. The Kier molecular flexibility index (Phi) is 8.13. The van der Waals surface area contributed by atoms with Gasteiger partial charge in [-0.15, -0.1) is 0 Å². The zero-order valence-corrected chi connectivity index (χ0v) is 19.4. The van der Waals surface area contributed by atoms with Crippen LogP contribution in [-0.4, -0.2) is 75.4 Å². The van der Waals surface area contributed by atoms with Crippen molar-refractivity contribution >= 4 is 16.0 Å². The number of nitrogens with zero attached hydrogens (tertiary/aromatic N) is 3. The van der Waals surface area contributed by atoms with Crippen LogP contribution in [0.1, 0.15) is 39.5 Å². The molecule has 7 nitrogen and oxygen atoms in total. The monoisotopic (exact) mass is 435 g/mol. The zero-order chi connectivity index (χ0) is 21.6. The number of nitrogens with one attached hydrogen (secondary N) is 2. The molecule has 2 aliphatic heterocycles. The molecule has 0 unspecified atom stereocenters. The van der Waals surface area contributed by atoms with Crippen LogP contribution < -0.4 is 10.6 Å². The highest BCUT2D eigenvalue weighted by Crippen LogP contribution is 2.23. The van der Waals surface area contributed by atoms with E-state index in [4.69, 9.17) is 0 Å². The van der Waals surface area contributed by atoms with Gasteiger partial charge >= 0.3 is 0 Å². The van der Waals surface area contributed by atoms with Gasteiger partial charge in [0.05, 0.1) is 4.90 Å². The van der Waals surface area contributed by atoms with E-state index in [1.807, 2.05) is 13.1 Å². The van der Waals surface area contributed by atoms with Crippen molar-refractivity contribution in [3.63, 3.8) is 0 Å². The number of guanidine groups is 1. The third-order valence-electron chi connectivity index (χ3n) is 6.34. The summed E-state index contributed by atoms with van der Waals surface area (Å²) in [7, 11) is -1.57. The van der Waals surface area contributed by atoms with Crippen molar-refractivity contribution in [2.75, 3.05) is 39.8 Å². The number of piperidine rings is 2. The van der Waals surface area contributed by atoms with Crippen LogP contribution in [0.25, 0.3) is 0 Å². The summed E-state index contributed by atoms with van der Waals surface area (Å²) in [6.45, 7) is 8.73. The molecule has 2 aliphatic rings. The second kappa shape index (κ2) is 10.6. The van der Waals surface area contributed by atoms with E-state index in [0.29, 0.717) is 36.0 Å². The summed E-state index contributed by atoms with van der Waals surface area (Å²) < 4.78 is 27.2. The molecule has 0 aliphatic carbocycles. The van der Waals surface area contributed by atoms with Crippen molar-refractivity contribution in [2.45, 2.75) is 56.5 Å². The smallest absolute Gasteiger partial charge is 0.243 e. The zero-order valence-electron chi connectivity index (χ0n) is 18.5. The van der Waals surface area contributed by atoms with Crippen LogP contribution in [0.3, 0.4) is 0 Å². The molecule has 30 heavy (non-hydrogen) atoms. The Morgan fingerprint density at radius 2 is 1.70 bits per heavy atom. The number of hydrogen-bond acceptors (Lipinski definition) is 4. The van der Waals surface area contributed by atoms with Crippen molar-refractivity contribution < 1.29 is 8.42 Å². The second-order valence-electron chi connectivity index (χ2n) is 8.66. The first kappa shape index (κ1) is 23.0. The molecule has 0 radical (unpaired) electrons. The number of sulfonamides is 1. The quantitative estimate of drug-likeness (QED) is 0.529. The van der Waals surface area contributed by atoms with Gasteiger partial charge in [-0.25, -0.2) is 8.42 Å². The van der Waals surface area contributed by atoms with Crippen molar-refractivity contribution in [1.29, 1.82) is 0 Å². The number of benzene rings is 1. The topological polar surface area (TPSA) is 77.0 Å². The third kappa shape index (κ3) is 5.95. The molecule has 2 fully saturated rings. The molecule has 168 valence electrons. The lowest BCUT2D eigenvalue weighted by atomic mass is 9.98. The lowest BCUT2D eigenvalue weighted by Gasteiger charge is -2.35. The Hall–Kier alpha value is -1.64. The first-order valence-electron chi connectivity index (χ1n) is 11.2. The summed E-state index contributed by atoms with van der Waals surface area (Å²) in [4.78, 5) is 7.29. The van der Waals surface area contributed by atoms with E-state index in [1.165, 1.54) is 0 Å². The van der Waals surface area contributed by atoms with Crippen molar-refractivity contribution in [3.8, 4) is 0 Å². The number of likely N-dealkylation sites (tertiary alicyclic amines) is 1. The molecule has 2 heterocycles. The van der Waals surface area contributed by atoms with E-state index in [-0.39, 0.29) is 0 Å². The third-order valence-corrected chi connectivity index (χ3v) is 8.25. The molecule has 1 aromatic carbocycles. The highest BCUT2D eigenvalue weighted by atomic mass is 32.2. The molecule has 0 spiro atoms. The van der Waals surface area contributed by atoms with E-state index in [2.05, 4.69) is 34.4 Å². The van der Waals surface area contributed by atoms with Gasteiger partial charge in [-0.2, -0.15) is 4.31 Å². The van der Waals surface area contributed by atoms with Crippen LogP contribution in [-0.2, 0) is 10.0 Å². The first-order valence-corrected chi connectivity index (χ1v) is 12.6. The lowest BCUT2D eigenvalue weighted by Crippen LogP contribution is -2.51. The summed E-state index contributed by atoms with van der Waals surface area (Å²) in [5.74, 6) is 1.31. The van der Waals surface area contributed by atoms with E-state index >= 15 is 0 Å². The fourth-order valence-corrected chi connectivity index (χ4v) is 5.78. The molecule has 8 heteroatoms. The van der Waals surface area contributed by atoms with Gasteiger partial charge < -0.3 is 15.5 Å². The minimum atomic E-state index is -3.38. The minimum Gasteiger partial charge on any atom is -0.356 e. The van der Waals surface area contributed by atoms with E-state index in [9.17, 15) is 8.42 Å². The summed E-state index contributed by atoms with van der Waals surface area (Å²) in [6, 6.07) is 9.80. The Morgan fingerprint density at radius 3 is 2.27 bits per heavy atom. The summed E-state index contributed by atoms with van der Waals surface area (Å²) >= 11 is 0. The van der Waals surface area contributed by atoms with Gasteiger partial charge in [-0.05, 0) is 57.6 Å². The van der Waals surface area contributed by atoms with Crippen LogP contribution in [0.4, 0.5) is 0 Å². The highest BCUT2D eigenvalue weighted by molar-refractivity contribution is 7.89. The molecule has 1 aromatic rings. The molecule has 0 bridgehead atoms. The summed E-state index contributed by atoms with van der Waals surface area (Å²) in [5, 5.41) is 7.03. The van der Waals surface area contributed by atoms with Crippen LogP contribution in [0, 0.1) is 5.92 Å².